The van der Waals surface area contributed by atoms with Crippen LogP contribution in [0.2, 0.25) is 0 Å². The maximum absolute atomic E-state index is 12.2. The summed E-state index contributed by atoms with van der Waals surface area (Å²) in [6.45, 7) is 3.46. The average molecular weight is 262 g/mol. The Balaban J connectivity index is 2.06. The van der Waals surface area contributed by atoms with E-state index in [0.29, 0.717) is 17.8 Å². The number of anilines is 1. The molecule has 1 fully saturated rings. The van der Waals surface area contributed by atoms with Crippen molar-refractivity contribution in [2.24, 2.45) is 5.41 Å². The van der Waals surface area contributed by atoms with Crippen molar-refractivity contribution >= 4 is 17.6 Å². The van der Waals surface area contributed by atoms with Gasteiger partial charge in [-0.2, -0.15) is 0 Å². The fourth-order valence-corrected chi connectivity index (χ4v) is 2.23. The molecule has 0 aromatic heterocycles. The molecule has 0 aliphatic carbocycles. The van der Waals surface area contributed by atoms with Gasteiger partial charge in [0.1, 0.15) is 0 Å². The van der Waals surface area contributed by atoms with Gasteiger partial charge in [0.25, 0.3) is 0 Å². The Labute approximate surface area is 112 Å². The highest BCUT2D eigenvalue weighted by atomic mass is 16.4. The summed E-state index contributed by atoms with van der Waals surface area (Å²) in [4.78, 5) is 22.9. The number of amides is 1. The third kappa shape index (κ3) is 3.32. The number of carbonyl (C=O) groups is 2. The van der Waals surface area contributed by atoms with Gasteiger partial charge in [0, 0.05) is 12.2 Å². The summed E-state index contributed by atoms with van der Waals surface area (Å²) in [7, 11) is 0. The molecule has 102 valence electrons. The average Bonchev–Trinajstić information content (AvgIpc) is 2.77. The lowest BCUT2D eigenvalue weighted by atomic mass is 9.88. The van der Waals surface area contributed by atoms with Gasteiger partial charge in [0.05, 0.1) is 11.8 Å². The molecule has 0 spiro atoms. The fraction of sp³-hybridized carbons (Fsp3) is 0.429. The normalized spacial score (nSPS) is 22.2. The van der Waals surface area contributed by atoms with Gasteiger partial charge in [-0.05, 0) is 37.6 Å². The van der Waals surface area contributed by atoms with Gasteiger partial charge < -0.3 is 15.7 Å². The van der Waals surface area contributed by atoms with Crippen LogP contribution in [0.3, 0.4) is 0 Å². The third-order valence-electron chi connectivity index (χ3n) is 3.46. The molecule has 0 radical (unpaired) electrons. The smallest absolute Gasteiger partial charge is 0.307 e. The third-order valence-corrected chi connectivity index (χ3v) is 3.46. The molecule has 1 aliphatic heterocycles. The summed E-state index contributed by atoms with van der Waals surface area (Å²) in [5, 5.41) is 14.8. The molecule has 3 N–H and O–H groups in total. The second-order valence-corrected chi connectivity index (χ2v) is 5.21. The SMILES string of the molecule is CC1(C(=O)Nc2cccc(CC(=O)O)c2)CCNC1. The van der Waals surface area contributed by atoms with Crippen LogP contribution in [-0.2, 0) is 16.0 Å². The molecule has 1 heterocycles. The molecule has 19 heavy (non-hydrogen) atoms. The Morgan fingerprint density at radius 3 is 2.89 bits per heavy atom. The van der Waals surface area contributed by atoms with E-state index < -0.39 is 5.97 Å². The van der Waals surface area contributed by atoms with E-state index in [9.17, 15) is 9.59 Å². The Bertz CT molecular complexity index is 493. The zero-order valence-electron chi connectivity index (χ0n) is 10.9. The van der Waals surface area contributed by atoms with Crippen LogP contribution in [0.15, 0.2) is 24.3 Å². The van der Waals surface area contributed by atoms with E-state index >= 15 is 0 Å². The molecule has 1 aliphatic rings. The summed E-state index contributed by atoms with van der Waals surface area (Å²) in [6, 6.07) is 6.97. The minimum atomic E-state index is -0.879. The molecule has 1 aromatic rings. The van der Waals surface area contributed by atoms with Crippen LogP contribution in [0, 0.1) is 5.41 Å². The molecule has 1 unspecified atom stereocenters. The van der Waals surface area contributed by atoms with E-state index in [4.69, 9.17) is 5.11 Å². The lowest BCUT2D eigenvalue weighted by Gasteiger charge is -2.21. The van der Waals surface area contributed by atoms with Crippen LogP contribution in [0.4, 0.5) is 5.69 Å². The molecular formula is C14H18N2O3. The number of benzene rings is 1. The molecule has 1 aromatic carbocycles. The Morgan fingerprint density at radius 1 is 1.47 bits per heavy atom. The second-order valence-electron chi connectivity index (χ2n) is 5.21. The van der Waals surface area contributed by atoms with Crippen molar-refractivity contribution in [1.29, 1.82) is 0 Å². The molecule has 1 atom stereocenters. The number of carboxylic acid groups (broad SMARTS) is 1. The molecule has 1 amide bonds. The van der Waals surface area contributed by atoms with Gasteiger partial charge in [0.15, 0.2) is 0 Å². The highest BCUT2D eigenvalue weighted by Crippen LogP contribution is 2.26. The zero-order valence-corrected chi connectivity index (χ0v) is 10.9. The quantitative estimate of drug-likeness (QED) is 0.763. The molecule has 1 saturated heterocycles. The van der Waals surface area contributed by atoms with Crippen molar-refractivity contribution in [2.45, 2.75) is 19.8 Å². The number of rotatable bonds is 4. The lowest BCUT2D eigenvalue weighted by molar-refractivity contribution is -0.136. The number of hydrogen-bond donors (Lipinski definition) is 3. The van der Waals surface area contributed by atoms with Crippen LogP contribution in [0.1, 0.15) is 18.9 Å². The molecular weight excluding hydrogens is 244 g/mol. The van der Waals surface area contributed by atoms with Crippen molar-refractivity contribution < 1.29 is 14.7 Å². The largest absolute Gasteiger partial charge is 0.481 e. The van der Waals surface area contributed by atoms with Crippen LogP contribution >= 0.6 is 0 Å². The maximum Gasteiger partial charge on any atom is 0.307 e. The standard InChI is InChI=1S/C14H18N2O3/c1-14(5-6-15-9-14)13(19)16-11-4-2-3-10(7-11)8-12(17)18/h2-4,7,15H,5-6,8-9H2,1H3,(H,16,19)(H,17,18). The maximum atomic E-state index is 12.2. The summed E-state index contributed by atoms with van der Waals surface area (Å²) < 4.78 is 0. The summed E-state index contributed by atoms with van der Waals surface area (Å²) in [6.07, 6.45) is 0.774. The first-order chi connectivity index (χ1) is 8.99. The predicted molar refractivity (Wildman–Crippen MR) is 72.0 cm³/mol. The first-order valence-electron chi connectivity index (χ1n) is 6.32. The number of aliphatic carboxylic acids is 1. The van der Waals surface area contributed by atoms with Crippen molar-refractivity contribution in [2.75, 3.05) is 18.4 Å². The molecule has 5 nitrogen and oxygen atoms in total. The van der Waals surface area contributed by atoms with Gasteiger partial charge in [-0.1, -0.05) is 12.1 Å². The van der Waals surface area contributed by atoms with Crippen LogP contribution in [-0.4, -0.2) is 30.1 Å². The number of nitrogens with one attached hydrogen (secondary N) is 2. The minimum absolute atomic E-state index is 0.0232. The highest BCUT2D eigenvalue weighted by Gasteiger charge is 2.36. The lowest BCUT2D eigenvalue weighted by Crippen LogP contribution is -2.35. The Morgan fingerprint density at radius 2 is 2.26 bits per heavy atom. The van der Waals surface area contributed by atoms with Gasteiger partial charge >= 0.3 is 5.97 Å². The van der Waals surface area contributed by atoms with E-state index in [1.807, 2.05) is 6.92 Å². The van der Waals surface area contributed by atoms with Crippen molar-refractivity contribution in [1.82, 2.24) is 5.32 Å². The van der Waals surface area contributed by atoms with Gasteiger partial charge in [0.2, 0.25) is 5.91 Å². The molecule has 2 rings (SSSR count). The molecule has 0 bridgehead atoms. The Kier molecular flexibility index (Phi) is 3.85. The highest BCUT2D eigenvalue weighted by molar-refractivity contribution is 5.95. The Hall–Kier alpha value is -1.88. The van der Waals surface area contributed by atoms with Gasteiger partial charge in [-0.25, -0.2) is 0 Å². The minimum Gasteiger partial charge on any atom is -0.481 e. The number of hydrogen-bond acceptors (Lipinski definition) is 3. The van der Waals surface area contributed by atoms with E-state index in [1.165, 1.54) is 0 Å². The van der Waals surface area contributed by atoms with E-state index in [-0.39, 0.29) is 17.7 Å². The van der Waals surface area contributed by atoms with Crippen molar-refractivity contribution in [3.8, 4) is 0 Å². The zero-order chi connectivity index (χ0) is 13.9. The summed E-state index contributed by atoms with van der Waals surface area (Å²) in [5.41, 5.74) is 0.944. The summed E-state index contributed by atoms with van der Waals surface area (Å²) >= 11 is 0. The van der Waals surface area contributed by atoms with E-state index in [2.05, 4.69) is 10.6 Å². The second kappa shape index (κ2) is 5.40. The van der Waals surface area contributed by atoms with Crippen LogP contribution in [0.25, 0.3) is 0 Å². The van der Waals surface area contributed by atoms with Crippen molar-refractivity contribution in [3.05, 3.63) is 29.8 Å². The summed E-state index contributed by atoms with van der Waals surface area (Å²) in [5.74, 6) is -0.902. The fourth-order valence-electron chi connectivity index (χ4n) is 2.23. The van der Waals surface area contributed by atoms with Gasteiger partial charge in [-0.3, -0.25) is 9.59 Å². The predicted octanol–water partition coefficient (Wildman–Crippen LogP) is 1.25. The molecule has 0 saturated carbocycles. The van der Waals surface area contributed by atoms with E-state index in [0.717, 1.165) is 13.0 Å². The van der Waals surface area contributed by atoms with Crippen molar-refractivity contribution in [3.63, 3.8) is 0 Å². The first-order valence-corrected chi connectivity index (χ1v) is 6.32. The van der Waals surface area contributed by atoms with Crippen LogP contribution < -0.4 is 10.6 Å². The van der Waals surface area contributed by atoms with Gasteiger partial charge in [-0.15, -0.1) is 0 Å². The topological polar surface area (TPSA) is 78.4 Å². The number of carboxylic acids is 1. The monoisotopic (exact) mass is 262 g/mol. The first kappa shape index (κ1) is 13.5. The van der Waals surface area contributed by atoms with E-state index in [1.54, 1.807) is 24.3 Å². The number of carbonyl (C=O) groups excluding carboxylic acids is 1. The molecule has 5 heteroatoms. The van der Waals surface area contributed by atoms with Crippen LogP contribution in [0.5, 0.6) is 0 Å².